The van der Waals surface area contributed by atoms with Gasteiger partial charge in [0.1, 0.15) is 5.76 Å². The van der Waals surface area contributed by atoms with Crippen molar-refractivity contribution in [2.45, 2.75) is 13.8 Å². The van der Waals surface area contributed by atoms with Crippen LogP contribution in [0.5, 0.6) is 0 Å². The Kier molecular flexibility index (Phi) is 5.34. The molecule has 1 aromatic carbocycles. The topological polar surface area (TPSA) is 108 Å². The zero-order chi connectivity index (χ0) is 15.1. The molecule has 5 N–H and O–H groups in total. The molecule has 0 aliphatic heterocycles. The van der Waals surface area contributed by atoms with Gasteiger partial charge in [-0.05, 0) is 44.2 Å². The SMILES string of the molecule is C/C=C(\C=C(/C)O)OC(=O)c1ccc(NC(=N)N)cc1. The van der Waals surface area contributed by atoms with Gasteiger partial charge in [0.2, 0.25) is 0 Å². The van der Waals surface area contributed by atoms with Crippen LogP contribution in [-0.2, 0) is 4.74 Å². The summed E-state index contributed by atoms with van der Waals surface area (Å²) in [6.45, 7) is 3.18. The van der Waals surface area contributed by atoms with Gasteiger partial charge < -0.3 is 20.9 Å². The molecule has 0 heterocycles. The molecule has 0 unspecified atom stereocenters. The van der Waals surface area contributed by atoms with Crippen LogP contribution >= 0.6 is 0 Å². The van der Waals surface area contributed by atoms with Crippen molar-refractivity contribution in [1.82, 2.24) is 0 Å². The lowest BCUT2D eigenvalue weighted by Gasteiger charge is -2.07. The number of aliphatic hydroxyl groups is 1. The number of guanidine groups is 1. The first-order valence-electron chi connectivity index (χ1n) is 5.89. The fourth-order valence-electron chi connectivity index (χ4n) is 1.39. The summed E-state index contributed by atoms with van der Waals surface area (Å²) >= 11 is 0. The van der Waals surface area contributed by atoms with Crippen molar-refractivity contribution in [2.24, 2.45) is 5.73 Å². The summed E-state index contributed by atoms with van der Waals surface area (Å²) in [6.07, 6.45) is 2.92. The van der Waals surface area contributed by atoms with Crippen LogP contribution in [-0.4, -0.2) is 17.0 Å². The van der Waals surface area contributed by atoms with Gasteiger partial charge in [0, 0.05) is 11.8 Å². The molecule has 0 radical (unpaired) electrons. The highest BCUT2D eigenvalue weighted by Crippen LogP contribution is 2.12. The molecule has 1 aromatic rings. The van der Waals surface area contributed by atoms with Gasteiger partial charge in [-0.15, -0.1) is 0 Å². The fourth-order valence-corrected chi connectivity index (χ4v) is 1.39. The molecule has 0 saturated carbocycles. The van der Waals surface area contributed by atoms with Crippen molar-refractivity contribution in [2.75, 3.05) is 5.32 Å². The first-order chi connectivity index (χ1) is 9.42. The number of allylic oxidation sites excluding steroid dienone is 3. The molecule has 0 saturated heterocycles. The first-order valence-corrected chi connectivity index (χ1v) is 5.89. The predicted molar refractivity (Wildman–Crippen MR) is 77.5 cm³/mol. The molecule has 0 atom stereocenters. The summed E-state index contributed by atoms with van der Waals surface area (Å²) in [5.41, 5.74) is 6.15. The third-order valence-corrected chi connectivity index (χ3v) is 2.25. The van der Waals surface area contributed by atoms with E-state index in [0.717, 1.165) is 0 Å². The van der Waals surface area contributed by atoms with Gasteiger partial charge in [0.15, 0.2) is 5.96 Å². The lowest BCUT2D eigenvalue weighted by atomic mass is 10.2. The number of ether oxygens (including phenoxy) is 1. The minimum Gasteiger partial charge on any atom is -0.512 e. The summed E-state index contributed by atoms with van der Waals surface area (Å²) in [5.74, 6) is -0.405. The maximum Gasteiger partial charge on any atom is 0.343 e. The standard InChI is InChI=1S/C14H17N3O3/c1-3-12(8-9(2)18)20-13(19)10-4-6-11(7-5-10)17-14(15)16/h3-8,18H,1-2H3,(H4,15,16,17)/b9-8+,12-3+. The zero-order valence-corrected chi connectivity index (χ0v) is 11.3. The van der Waals surface area contributed by atoms with Gasteiger partial charge in [-0.25, -0.2) is 4.79 Å². The molecule has 1 rings (SSSR count). The minimum atomic E-state index is -0.537. The molecule has 0 fully saturated rings. The van der Waals surface area contributed by atoms with Gasteiger partial charge in [-0.3, -0.25) is 5.41 Å². The predicted octanol–water partition coefficient (Wildman–Crippen LogP) is 2.51. The number of anilines is 1. The van der Waals surface area contributed by atoms with Gasteiger partial charge in [-0.1, -0.05) is 0 Å². The van der Waals surface area contributed by atoms with Gasteiger partial charge in [0.25, 0.3) is 0 Å². The number of hydrogen-bond donors (Lipinski definition) is 4. The number of carbonyl (C=O) groups is 1. The van der Waals surface area contributed by atoms with Crippen LogP contribution in [0.25, 0.3) is 0 Å². The summed E-state index contributed by atoms with van der Waals surface area (Å²) in [6, 6.07) is 6.33. The summed E-state index contributed by atoms with van der Waals surface area (Å²) in [5, 5.41) is 18.8. The molecule has 0 amide bonds. The van der Waals surface area contributed by atoms with Crippen molar-refractivity contribution in [3.63, 3.8) is 0 Å². The van der Waals surface area contributed by atoms with Crippen LogP contribution in [0.15, 0.2) is 47.9 Å². The molecule has 6 nitrogen and oxygen atoms in total. The van der Waals surface area contributed by atoms with E-state index in [9.17, 15) is 4.79 Å². The normalized spacial score (nSPS) is 11.9. The Labute approximate surface area is 117 Å². The van der Waals surface area contributed by atoms with E-state index in [4.69, 9.17) is 21.0 Å². The average Bonchev–Trinajstić information content (AvgIpc) is 2.37. The largest absolute Gasteiger partial charge is 0.512 e. The number of hydrogen-bond acceptors (Lipinski definition) is 4. The summed E-state index contributed by atoms with van der Waals surface area (Å²) in [7, 11) is 0. The molecule has 0 aliphatic carbocycles. The number of carbonyl (C=O) groups excluding carboxylic acids is 1. The van der Waals surface area contributed by atoms with E-state index >= 15 is 0 Å². The smallest absolute Gasteiger partial charge is 0.343 e. The number of rotatable bonds is 4. The van der Waals surface area contributed by atoms with Crippen LogP contribution in [0, 0.1) is 5.41 Å². The molecule has 0 bridgehead atoms. The number of esters is 1. The minimum absolute atomic E-state index is 0.0481. The molecule has 0 spiro atoms. The third kappa shape index (κ3) is 4.85. The number of nitrogens with one attached hydrogen (secondary N) is 2. The van der Waals surface area contributed by atoms with E-state index in [1.165, 1.54) is 13.0 Å². The Balaban J connectivity index is 2.78. The van der Waals surface area contributed by atoms with E-state index in [-0.39, 0.29) is 17.5 Å². The second-order valence-electron chi connectivity index (χ2n) is 3.98. The number of benzene rings is 1. The van der Waals surface area contributed by atoms with E-state index in [1.54, 1.807) is 37.3 Å². The van der Waals surface area contributed by atoms with Crippen molar-refractivity contribution < 1.29 is 14.6 Å². The highest BCUT2D eigenvalue weighted by molar-refractivity contribution is 5.93. The highest BCUT2D eigenvalue weighted by Gasteiger charge is 2.09. The Morgan fingerprint density at radius 2 is 2.00 bits per heavy atom. The van der Waals surface area contributed by atoms with E-state index < -0.39 is 5.97 Å². The second-order valence-corrected chi connectivity index (χ2v) is 3.98. The van der Waals surface area contributed by atoms with Gasteiger partial charge in [-0.2, -0.15) is 0 Å². The lowest BCUT2D eigenvalue weighted by Crippen LogP contribution is -2.20. The Hall–Kier alpha value is -2.76. The zero-order valence-electron chi connectivity index (χ0n) is 11.3. The van der Waals surface area contributed by atoms with Crippen molar-refractivity contribution in [3.05, 3.63) is 53.5 Å². The van der Waals surface area contributed by atoms with Crippen LogP contribution in [0.2, 0.25) is 0 Å². The summed E-state index contributed by atoms with van der Waals surface area (Å²) in [4.78, 5) is 11.9. The monoisotopic (exact) mass is 275 g/mol. The van der Waals surface area contributed by atoms with Gasteiger partial charge >= 0.3 is 5.97 Å². The second kappa shape index (κ2) is 6.98. The maximum atomic E-state index is 11.9. The summed E-state index contributed by atoms with van der Waals surface area (Å²) < 4.78 is 5.12. The van der Waals surface area contributed by atoms with E-state index in [2.05, 4.69) is 5.32 Å². The number of aliphatic hydroxyl groups excluding tert-OH is 1. The van der Waals surface area contributed by atoms with Crippen molar-refractivity contribution >= 4 is 17.6 Å². The quantitative estimate of drug-likeness (QED) is 0.222. The van der Waals surface area contributed by atoms with E-state index in [0.29, 0.717) is 11.3 Å². The third-order valence-electron chi connectivity index (χ3n) is 2.25. The molecular formula is C14H17N3O3. The highest BCUT2D eigenvalue weighted by atomic mass is 16.5. The first kappa shape index (κ1) is 15.3. The van der Waals surface area contributed by atoms with Crippen LogP contribution < -0.4 is 11.1 Å². The van der Waals surface area contributed by atoms with Crippen LogP contribution in [0.4, 0.5) is 5.69 Å². The number of nitrogens with two attached hydrogens (primary N) is 1. The van der Waals surface area contributed by atoms with Crippen molar-refractivity contribution in [1.29, 1.82) is 5.41 Å². The fraction of sp³-hybridized carbons (Fsp3) is 0.143. The molecule has 0 aromatic heterocycles. The van der Waals surface area contributed by atoms with Crippen LogP contribution in [0.3, 0.4) is 0 Å². The average molecular weight is 275 g/mol. The van der Waals surface area contributed by atoms with E-state index in [1.807, 2.05) is 0 Å². The molecule has 20 heavy (non-hydrogen) atoms. The molecular weight excluding hydrogens is 258 g/mol. The molecule has 106 valence electrons. The molecule has 6 heteroatoms. The lowest BCUT2D eigenvalue weighted by molar-refractivity contribution is 0.0635. The Bertz CT molecular complexity index is 556. The maximum absolute atomic E-state index is 11.9. The van der Waals surface area contributed by atoms with Crippen LogP contribution in [0.1, 0.15) is 24.2 Å². The van der Waals surface area contributed by atoms with Gasteiger partial charge in [0.05, 0.1) is 11.3 Å². The Morgan fingerprint density at radius 3 is 2.45 bits per heavy atom. The Morgan fingerprint density at radius 1 is 1.40 bits per heavy atom. The van der Waals surface area contributed by atoms with Crippen molar-refractivity contribution in [3.8, 4) is 0 Å². The molecule has 0 aliphatic rings.